The third-order valence-corrected chi connectivity index (χ3v) is 2.30. The number of hydrogen-bond donors (Lipinski definition) is 0. The number of azide groups is 1. The quantitative estimate of drug-likeness (QED) is 0.359. The van der Waals surface area contributed by atoms with Crippen LogP contribution in [0.15, 0.2) is 41.8 Å². The fourth-order valence-electron chi connectivity index (χ4n) is 1.50. The summed E-state index contributed by atoms with van der Waals surface area (Å²) >= 11 is 0. The van der Waals surface area contributed by atoms with Crippen LogP contribution >= 0.6 is 0 Å². The summed E-state index contributed by atoms with van der Waals surface area (Å²) in [5.41, 5.74) is 9.75. The van der Waals surface area contributed by atoms with Crippen molar-refractivity contribution >= 4 is 11.7 Å². The zero-order valence-corrected chi connectivity index (χ0v) is 9.52. The second kappa shape index (κ2) is 5.03. The van der Waals surface area contributed by atoms with E-state index in [-0.39, 0.29) is 0 Å². The number of esters is 1. The predicted octanol–water partition coefficient (Wildman–Crippen LogP) is 2.60. The van der Waals surface area contributed by atoms with Gasteiger partial charge in [-0.05, 0) is 29.8 Å². The summed E-state index contributed by atoms with van der Waals surface area (Å²) in [6, 6.07) is 6.43. The minimum absolute atomic E-state index is 0.309. The number of ether oxygens (including phenoxy) is 1. The van der Waals surface area contributed by atoms with Gasteiger partial charge in [0.15, 0.2) is 0 Å². The molecule has 0 bridgehead atoms. The maximum Gasteiger partial charge on any atom is 0.337 e. The Balaban J connectivity index is 2.55. The third kappa shape index (κ3) is 2.16. The van der Waals surface area contributed by atoms with Gasteiger partial charge in [0, 0.05) is 17.3 Å². The third-order valence-electron chi connectivity index (χ3n) is 2.30. The van der Waals surface area contributed by atoms with Crippen LogP contribution in [0.3, 0.4) is 0 Å². The standard InChI is InChI=1S/C11H9N5O2/c1-18-11(17)8-3-4-10(9(7-8)14-15-12)16-6-2-5-13-16/h2-7H,1H3. The first kappa shape index (κ1) is 11.7. The molecule has 0 N–H and O–H groups in total. The van der Waals surface area contributed by atoms with Crippen LogP contribution in [-0.4, -0.2) is 22.9 Å². The Morgan fingerprint density at radius 1 is 1.56 bits per heavy atom. The van der Waals surface area contributed by atoms with E-state index in [1.807, 2.05) is 0 Å². The zero-order chi connectivity index (χ0) is 13.0. The highest BCUT2D eigenvalue weighted by Gasteiger charge is 2.10. The van der Waals surface area contributed by atoms with Crippen molar-refractivity contribution in [3.8, 4) is 5.69 Å². The largest absolute Gasteiger partial charge is 0.465 e. The van der Waals surface area contributed by atoms with E-state index in [4.69, 9.17) is 5.53 Å². The topological polar surface area (TPSA) is 92.9 Å². The molecule has 90 valence electrons. The molecule has 2 rings (SSSR count). The van der Waals surface area contributed by atoms with Crippen molar-refractivity contribution in [1.82, 2.24) is 9.78 Å². The molecule has 0 amide bonds. The first-order valence-electron chi connectivity index (χ1n) is 5.03. The highest BCUT2D eigenvalue weighted by atomic mass is 16.5. The van der Waals surface area contributed by atoms with Crippen LogP contribution in [0.5, 0.6) is 0 Å². The molecule has 0 aliphatic carbocycles. The Morgan fingerprint density at radius 2 is 2.39 bits per heavy atom. The Bertz CT molecular complexity index is 614. The molecular weight excluding hydrogens is 234 g/mol. The zero-order valence-electron chi connectivity index (χ0n) is 9.52. The molecule has 0 saturated carbocycles. The first-order chi connectivity index (χ1) is 8.76. The Morgan fingerprint density at radius 3 is 3.00 bits per heavy atom. The van der Waals surface area contributed by atoms with Gasteiger partial charge in [0.2, 0.25) is 0 Å². The van der Waals surface area contributed by atoms with Crippen LogP contribution in [-0.2, 0) is 4.74 Å². The van der Waals surface area contributed by atoms with Crippen molar-refractivity contribution in [3.05, 3.63) is 52.7 Å². The van der Waals surface area contributed by atoms with Gasteiger partial charge in [-0.15, -0.1) is 0 Å². The first-order valence-corrected chi connectivity index (χ1v) is 5.03. The molecule has 0 atom stereocenters. The molecule has 7 heteroatoms. The fourth-order valence-corrected chi connectivity index (χ4v) is 1.50. The van der Waals surface area contributed by atoms with Gasteiger partial charge in [-0.1, -0.05) is 5.11 Å². The maximum absolute atomic E-state index is 11.4. The number of carbonyl (C=O) groups is 1. The molecule has 0 radical (unpaired) electrons. The lowest BCUT2D eigenvalue weighted by Crippen LogP contribution is -2.02. The van der Waals surface area contributed by atoms with Crippen LogP contribution in [0.4, 0.5) is 5.69 Å². The van der Waals surface area contributed by atoms with Crippen molar-refractivity contribution in [2.24, 2.45) is 5.11 Å². The second-order valence-corrected chi connectivity index (χ2v) is 3.34. The van der Waals surface area contributed by atoms with E-state index < -0.39 is 5.97 Å². The van der Waals surface area contributed by atoms with Crippen LogP contribution < -0.4 is 0 Å². The van der Waals surface area contributed by atoms with E-state index in [0.717, 1.165) is 0 Å². The van der Waals surface area contributed by atoms with Crippen LogP contribution in [0.2, 0.25) is 0 Å². The summed E-state index contributed by atoms with van der Waals surface area (Å²) < 4.78 is 6.15. The lowest BCUT2D eigenvalue weighted by molar-refractivity contribution is 0.0601. The van der Waals surface area contributed by atoms with Gasteiger partial charge >= 0.3 is 5.97 Å². The van der Waals surface area contributed by atoms with Gasteiger partial charge in [0.25, 0.3) is 0 Å². The number of nitrogens with zero attached hydrogens (tertiary/aromatic N) is 5. The molecule has 0 spiro atoms. The number of aromatic nitrogens is 2. The van der Waals surface area contributed by atoms with Crippen LogP contribution in [0, 0.1) is 0 Å². The average molecular weight is 243 g/mol. The molecule has 0 unspecified atom stereocenters. The number of methoxy groups -OCH3 is 1. The minimum Gasteiger partial charge on any atom is -0.465 e. The number of carbonyl (C=O) groups excluding carboxylic acids is 1. The highest BCUT2D eigenvalue weighted by molar-refractivity contribution is 5.91. The van der Waals surface area contributed by atoms with Gasteiger partial charge < -0.3 is 4.74 Å². The van der Waals surface area contributed by atoms with Crippen molar-refractivity contribution in [2.45, 2.75) is 0 Å². The molecular formula is C11H9N5O2. The second-order valence-electron chi connectivity index (χ2n) is 3.34. The molecule has 1 aromatic heterocycles. The number of benzene rings is 1. The van der Waals surface area contributed by atoms with E-state index in [9.17, 15) is 4.79 Å². The average Bonchev–Trinajstić information content (AvgIpc) is 2.92. The monoisotopic (exact) mass is 243 g/mol. The lowest BCUT2D eigenvalue weighted by Gasteiger charge is -2.07. The number of hydrogen-bond acceptors (Lipinski definition) is 4. The van der Waals surface area contributed by atoms with E-state index in [1.54, 1.807) is 35.3 Å². The molecule has 7 nitrogen and oxygen atoms in total. The fraction of sp³-hybridized carbons (Fsp3) is 0.0909. The molecule has 0 aliphatic heterocycles. The summed E-state index contributed by atoms with van der Waals surface area (Å²) in [4.78, 5) is 14.1. The summed E-state index contributed by atoms with van der Waals surface area (Å²) in [6.45, 7) is 0. The minimum atomic E-state index is -0.489. The Kier molecular flexibility index (Phi) is 3.26. The summed E-state index contributed by atoms with van der Waals surface area (Å²) in [6.07, 6.45) is 3.32. The molecule has 18 heavy (non-hydrogen) atoms. The van der Waals surface area contributed by atoms with Gasteiger partial charge in [0.1, 0.15) is 0 Å². The van der Waals surface area contributed by atoms with Crippen LogP contribution in [0.1, 0.15) is 10.4 Å². The molecule has 0 saturated heterocycles. The Labute approximate surface area is 102 Å². The molecule has 1 heterocycles. The Hall–Kier alpha value is -2.79. The summed E-state index contributed by atoms with van der Waals surface area (Å²) in [7, 11) is 1.29. The summed E-state index contributed by atoms with van der Waals surface area (Å²) in [5.74, 6) is -0.489. The van der Waals surface area contributed by atoms with Crippen molar-refractivity contribution in [1.29, 1.82) is 0 Å². The van der Waals surface area contributed by atoms with E-state index in [0.29, 0.717) is 16.9 Å². The van der Waals surface area contributed by atoms with E-state index >= 15 is 0 Å². The molecule has 1 aromatic carbocycles. The maximum atomic E-state index is 11.4. The molecule has 0 aliphatic rings. The SMILES string of the molecule is COC(=O)c1ccc(-n2cccn2)c(N=[N+]=[N-])c1. The molecule has 0 fully saturated rings. The van der Waals surface area contributed by atoms with E-state index in [1.165, 1.54) is 13.2 Å². The van der Waals surface area contributed by atoms with Crippen molar-refractivity contribution in [2.75, 3.05) is 7.11 Å². The highest BCUT2D eigenvalue weighted by Crippen LogP contribution is 2.25. The van der Waals surface area contributed by atoms with E-state index in [2.05, 4.69) is 19.9 Å². The van der Waals surface area contributed by atoms with Gasteiger partial charge in [-0.3, -0.25) is 0 Å². The van der Waals surface area contributed by atoms with Crippen LogP contribution in [0.25, 0.3) is 16.1 Å². The van der Waals surface area contributed by atoms with Crippen molar-refractivity contribution in [3.63, 3.8) is 0 Å². The predicted molar refractivity (Wildman–Crippen MR) is 63.7 cm³/mol. The number of rotatable bonds is 3. The van der Waals surface area contributed by atoms with Gasteiger partial charge in [-0.2, -0.15) is 5.10 Å². The smallest absolute Gasteiger partial charge is 0.337 e. The lowest BCUT2D eigenvalue weighted by atomic mass is 10.2. The van der Waals surface area contributed by atoms with Gasteiger partial charge in [-0.25, -0.2) is 9.48 Å². The summed E-state index contributed by atoms with van der Waals surface area (Å²) in [5, 5.41) is 7.59. The van der Waals surface area contributed by atoms with Gasteiger partial charge in [0.05, 0.1) is 24.0 Å². The normalized spacial score (nSPS) is 9.61. The van der Waals surface area contributed by atoms with Crippen molar-refractivity contribution < 1.29 is 9.53 Å². The molecule has 2 aromatic rings.